The van der Waals surface area contributed by atoms with E-state index >= 15 is 0 Å². The molecular formula is C13H17Cl2N3. The van der Waals surface area contributed by atoms with Crippen LogP contribution in [0.4, 0.5) is 0 Å². The van der Waals surface area contributed by atoms with E-state index in [9.17, 15) is 0 Å². The molecule has 1 unspecified atom stereocenters. The minimum Gasteiger partial charge on any atom is -0.370 e. The van der Waals surface area contributed by atoms with E-state index in [4.69, 9.17) is 17.3 Å². The van der Waals surface area contributed by atoms with Crippen LogP contribution in [0.3, 0.4) is 0 Å². The third-order valence-electron chi connectivity index (χ3n) is 3.41. The van der Waals surface area contributed by atoms with Crippen molar-refractivity contribution in [3.05, 3.63) is 34.3 Å². The van der Waals surface area contributed by atoms with Gasteiger partial charge in [0.05, 0.1) is 12.6 Å². The molecule has 0 bridgehead atoms. The molecule has 0 amide bonds. The van der Waals surface area contributed by atoms with Gasteiger partial charge in [-0.1, -0.05) is 29.8 Å². The summed E-state index contributed by atoms with van der Waals surface area (Å²) < 4.78 is 0. The van der Waals surface area contributed by atoms with Gasteiger partial charge >= 0.3 is 0 Å². The normalized spacial score (nSPS) is 19.8. The number of amidine groups is 1. The van der Waals surface area contributed by atoms with Crippen molar-refractivity contribution in [1.82, 2.24) is 5.32 Å². The first kappa shape index (κ1) is 13.7. The number of halogens is 2. The quantitative estimate of drug-likeness (QED) is 0.897. The van der Waals surface area contributed by atoms with E-state index in [1.165, 1.54) is 18.4 Å². The molecule has 3 N–H and O–H groups in total. The Kier molecular flexibility index (Phi) is 4.15. The molecule has 5 heteroatoms. The maximum atomic E-state index is 6.45. The van der Waals surface area contributed by atoms with Gasteiger partial charge in [-0.15, -0.1) is 12.4 Å². The summed E-state index contributed by atoms with van der Waals surface area (Å²) in [7, 11) is 0. The second-order valence-corrected chi connectivity index (χ2v) is 5.07. The number of nitrogens with two attached hydrogens (primary N) is 1. The number of hydrogen-bond acceptors (Lipinski definition) is 3. The van der Waals surface area contributed by atoms with Gasteiger partial charge in [-0.25, -0.2) is 0 Å². The maximum absolute atomic E-state index is 6.45. The summed E-state index contributed by atoms with van der Waals surface area (Å²) in [6, 6.07) is 5.94. The third-order valence-corrected chi connectivity index (χ3v) is 3.84. The highest BCUT2D eigenvalue weighted by Gasteiger charge is 2.28. The van der Waals surface area contributed by atoms with Crippen molar-refractivity contribution in [1.29, 1.82) is 0 Å². The van der Waals surface area contributed by atoms with Gasteiger partial charge in [0.2, 0.25) is 0 Å². The molecule has 98 valence electrons. The van der Waals surface area contributed by atoms with Gasteiger partial charge < -0.3 is 11.1 Å². The molecule has 1 saturated carbocycles. The van der Waals surface area contributed by atoms with Crippen molar-refractivity contribution in [2.75, 3.05) is 13.1 Å². The highest BCUT2D eigenvalue weighted by atomic mass is 35.5. The topological polar surface area (TPSA) is 50.4 Å². The molecule has 1 atom stereocenters. The van der Waals surface area contributed by atoms with Gasteiger partial charge in [-0.3, -0.25) is 4.99 Å². The predicted octanol–water partition coefficient (Wildman–Crippen LogP) is 2.64. The number of benzene rings is 1. The lowest BCUT2D eigenvalue weighted by Crippen LogP contribution is -2.31. The van der Waals surface area contributed by atoms with Crippen LogP contribution in [0.15, 0.2) is 23.2 Å². The Hall–Kier alpha value is -0.770. The molecule has 1 aromatic carbocycles. The van der Waals surface area contributed by atoms with E-state index in [2.05, 4.69) is 16.4 Å². The van der Waals surface area contributed by atoms with E-state index in [0.717, 1.165) is 29.5 Å². The molecule has 18 heavy (non-hydrogen) atoms. The van der Waals surface area contributed by atoms with E-state index in [1.54, 1.807) is 0 Å². The molecule has 1 aliphatic carbocycles. The van der Waals surface area contributed by atoms with Gasteiger partial charge in [0.15, 0.2) is 0 Å². The minimum absolute atomic E-state index is 0. The van der Waals surface area contributed by atoms with Crippen LogP contribution >= 0.6 is 24.0 Å². The van der Waals surface area contributed by atoms with Crippen molar-refractivity contribution in [3.8, 4) is 0 Å². The molecule has 1 aromatic rings. The van der Waals surface area contributed by atoms with E-state index < -0.39 is 0 Å². The summed E-state index contributed by atoms with van der Waals surface area (Å²) in [5.41, 5.74) is 8.45. The SMILES string of the molecule is Cl.NC(C1=NCCN1)c1cccc(C2CC2)c1Cl. The molecule has 1 heterocycles. The monoisotopic (exact) mass is 285 g/mol. The standard InChI is InChI=1S/C13H16ClN3.ClH/c14-11-9(8-4-5-8)2-1-3-10(11)12(15)13-16-6-7-17-13;/h1-3,8,12H,4-7,15H2,(H,16,17);1H. The average molecular weight is 286 g/mol. The van der Waals surface area contributed by atoms with Crippen LogP contribution in [0, 0.1) is 0 Å². The minimum atomic E-state index is -0.219. The largest absolute Gasteiger partial charge is 0.370 e. The first-order valence-corrected chi connectivity index (χ1v) is 6.47. The first-order valence-electron chi connectivity index (χ1n) is 6.09. The smallest absolute Gasteiger partial charge is 0.118 e. The molecule has 0 saturated heterocycles. The molecule has 0 aromatic heterocycles. The Labute approximate surface area is 118 Å². The highest BCUT2D eigenvalue weighted by Crippen LogP contribution is 2.44. The Morgan fingerprint density at radius 2 is 2.17 bits per heavy atom. The first-order chi connectivity index (χ1) is 8.27. The highest BCUT2D eigenvalue weighted by molar-refractivity contribution is 6.32. The van der Waals surface area contributed by atoms with Gasteiger partial charge in [0.1, 0.15) is 5.84 Å². The number of hydrogen-bond donors (Lipinski definition) is 2. The zero-order chi connectivity index (χ0) is 11.8. The lowest BCUT2D eigenvalue weighted by molar-refractivity contribution is 0.890. The van der Waals surface area contributed by atoms with E-state index in [0.29, 0.717) is 5.92 Å². The van der Waals surface area contributed by atoms with Crippen molar-refractivity contribution in [3.63, 3.8) is 0 Å². The van der Waals surface area contributed by atoms with Crippen molar-refractivity contribution in [2.45, 2.75) is 24.8 Å². The molecule has 3 nitrogen and oxygen atoms in total. The van der Waals surface area contributed by atoms with Crippen molar-refractivity contribution < 1.29 is 0 Å². The molecule has 0 spiro atoms. The molecular weight excluding hydrogens is 269 g/mol. The molecule has 2 aliphatic rings. The van der Waals surface area contributed by atoms with Crippen LogP contribution in [0.2, 0.25) is 5.02 Å². The Morgan fingerprint density at radius 3 is 2.78 bits per heavy atom. The Balaban J connectivity index is 0.00000120. The fourth-order valence-corrected chi connectivity index (χ4v) is 2.69. The van der Waals surface area contributed by atoms with Gasteiger partial charge in [-0.05, 0) is 29.9 Å². The molecule has 1 aliphatic heterocycles. The zero-order valence-electron chi connectivity index (χ0n) is 10.0. The van der Waals surface area contributed by atoms with Crippen LogP contribution < -0.4 is 11.1 Å². The third kappa shape index (κ3) is 2.48. The lowest BCUT2D eigenvalue weighted by Gasteiger charge is -2.16. The summed E-state index contributed by atoms with van der Waals surface area (Å²) in [5, 5.41) is 4.05. The van der Waals surface area contributed by atoms with E-state index in [1.807, 2.05) is 12.1 Å². The number of rotatable bonds is 3. The van der Waals surface area contributed by atoms with Crippen molar-refractivity contribution >= 4 is 29.8 Å². The lowest BCUT2D eigenvalue weighted by atomic mass is 10.0. The number of aliphatic imine (C=N–C) groups is 1. The number of nitrogens with one attached hydrogen (secondary N) is 1. The van der Waals surface area contributed by atoms with Crippen LogP contribution in [0.1, 0.15) is 35.9 Å². The van der Waals surface area contributed by atoms with E-state index in [-0.39, 0.29) is 18.4 Å². The Bertz CT molecular complexity index is 469. The molecule has 3 rings (SSSR count). The van der Waals surface area contributed by atoms with Crippen LogP contribution in [-0.4, -0.2) is 18.9 Å². The number of nitrogens with zero attached hydrogens (tertiary/aromatic N) is 1. The van der Waals surface area contributed by atoms with Crippen LogP contribution in [0.25, 0.3) is 0 Å². The Morgan fingerprint density at radius 1 is 1.39 bits per heavy atom. The van der Waals surface area contributed by atoms with Gasteiger partial charge in [0, 0.05) is 11.6 Å². The fourth-order valence-electron chi connectivity index (χ4n) is 2.29. The maximum Gasteiger partial charge on any atom is 0.118 e. The van der Waals surface area contributed by atoms with Crippen LogP contribution in [0.5, 0.6) is 0 Å². The average Bonchev–Trinajstić information content (AvgIpc) is 3.03. The second-order valence-electron chi connectivity index (χ2n) is 4.70. The molecule has 1 fully saturated rings. The fraction of sp³-hybridized carbons (Fsp3) is 0.462. The zero-order valence-corrected chi connectivity index (χ0v) is 11.6. The van der Waals surface area contributed by atoms with Crippen LogP contribution in [-0.2, 0) is 0 Å². The summed E-state index contributed by atoms with van der Waals surface area (Å²) in [6.07, 6.45) is 2.50. The molecule has 0 radical (unpaired) electrons. The predicted molar refractivity (Wildman–Crippen MR) is 77.9 cm³/mol. The summed E-state index contributed by atoms with van der Waals surface area (Å²) in [5.74, 6) is 1.51. The second kappa shape index (κ2) is 5.47. The summed E-state index contributed by atoms with van der Waals surface area (Å²) in [4.78, 5) is 4.37. The van der Waals surface area contributed by atoms with Gasteiger partial charge in [0.25, 0.3) is 0 Å². The van der Waals surface area contributed by atoms with Gasteiger partial charge in [-0.2, -0.15) is 0 Å². The van der Waals surface area contributed by atoms with Crippen molar-refractivity contribution in [2.24, 2.45) is 10.7 Å². The summed E-state index contributed by atoms with van der Waals surface area (Å²) >= 11 is 6.45. The summed E-state index contributed by atoms with van der Waals surface area (Å²) in [6.45, 7) is 1.69.